The van der Waals surface area contributed by atoms with Crippen LogP contribution in [0, 0.1) is 0 Å². The van der Waals surface area contributed by atoms with E-state index in [2.05, 4.69) is 15.6 Å². The second kappa shape index (κ2) is 9.21. The standard InChI is InChI=1S/C21H26N4O3/c1-15(23-21(27)25(2)13-18-5-3-4-12-22-18)16-6-10-19(11-7-16)28-14-20(26)24-17-8-9-17/h3-7,10-12,15,17H,8-9,13-14H2,1-2H3,(H,23,27)(H,24,26). The Labute approximate surface area is 165 Å². The predicted molar refractivity (Wildman–Crippen MR) is 106 cm³/mol. The van der Waals surface area contributed by atoms with E-state index in [1.807, 2.05) is 37.3 Å². The van der Waals surface area contributed by atoms with Crippen molar-refractivity contribution >= 4 is 11.9 Å². The topological polar surface area (TPSA) is 83.6 Å². The zero-order valence-electron chi connectivity index (χ0n) is 16.2. The summed E-state index contributed by atoms with van der Waals surface area (Å²) in [5.74, 6) is 0.531. The van der Waals surface area contributed by atoms with Gasteiger partial charge in [0.1, 0.15) is 5.75 Å². The third-order valence-corrected chi connectivity index (χ3v) is 4.50. The predicted octanol–water partition coefficient (Wildman–Crippen LogP) is 2.64. The molecule has 0 spiro atoms. The quantitative estimate of drug-likeness (QED) is 0.735. The SMILES string of the molecule is CC(NC(=O)N(C)Cc1ccccn1)c1ccc(OCC(=O)NC2CC2)cc1. The van der Waals surface area contributed by atoms with Gasteiger partial charge in [-0.3, -0.25) is 9.78 Å². The van der Waals surface area contributed by atoms with E-state index in [0.29, 0.717) is 18.3 Å². The number of hydrogen-bond donors (Lipinski definition) is 2. The molecule has 1 fully saturated rings. The number of nitrogens with one attached hydrogen (secondary N) is 2. The average Bonchev–Trinajstić information content (AvgIpc) is 3.51. The van der Waals surface area contributed by atoms with Gasteiger partial charge in [-0.25, -0.2) is 4.79 Å². The number of nitrogens with zero attached hydrogens (tertiary/aromatic N) is 2. The van der Waals surface area contributed by atoms with Crippen LogP contribution in [-0.4, -0.2) is 41.5 Å². The molecule has 1 aliphatic rings. The van der Waals surface area contributed by atoms with Crippen molar-refractivity contribution < 1.29 is 14.3 Å². The van der Waals surface area contributed by atoms with Gasteiger partial charge in [0.15, 0.2) is 6.61 Å². The molecule has 1 heterocycles. The number of pyridine rings is 1. The monoisotopic (exact) mass is 382 g/mol. The van der Waals surface area contributed by atoms with E-state index in [1.165, 1.54) is 0 Å². The Balaban J connectivity index is 1.46. The first-order valence-corrected chi connectivity index (χ1v) is 9.45. The maximum absolute atomic E-state index is 12.4. The van der Waals surface area contributed by atoms with Gasteiger partial charge in [0.2, 0.25) is 0 Å². The zero-order chi connectivity index (χ0) is 19.9. The molecule has 0 aliphatic heterocycles. The summed E-state index contributed by atoms with van der Waals surface area (Å²) < 4.78 is 5.50. The molecule has 0 radical (unpaired) electrons. The third kappa shape index (κ3) is 5.97. The van der Waals surface area contributed by atoms with E-state index in [4.69, 9.17) is 4.74 Å². The van der Waals surface area contributed by atoms with Gasteiger partial charge in [0, 0.05) is 19.3 Å². The van der Waals surface area contributed by atoms with Crippen molar-refractivity contribution in [2.24, 2.45) is 0 Å². The Hall–Kier alpha value is -3.09. The van der Waals surface area contributed by atoms with Crippen molar-refractivity contribution in [3.63, 3.8) is 0 Å². The van der Waals surface area contributed by atoms with E-state index in [9.17, 15) is 9.59 Å². The first kappa shape index (κ1) is 19.7. The van der Waals surface area contributed by atoms with E-state index in [1.54, 1.807) is 30.3 Å². The summed E-state index contributed by atoms with van der Waals surface area (Å²) in [6.45, 7) is 2.38. The van der Waals surface area contributed by atoms with Crippen molar-refractivity contribution in [1.82, 2.24) is 20.5 Å². The van der Waals surface area contributed by atoms with Crippen LogP contribution in [0.4, 0.5) is 4.79 Å². The first-order valence-electron chi connectivity index (χ1n) is 9.45. The number of hydrogen-bond acceptors (Lipinski definition) is 4. The smallest absolute Gasteiger partial charge is 0.317 e. The van der Waals surface area contributed by atoms with Gasteiger partial charge in [-0.1, -0.05) is 18.2 Å². The average molecular weight is 382 g/mol. The van der Waals surface area contributed by atoms with Crippen molar-refractivity contribution in [3.05, 3.63) is 59.9 Å². The van der Waals surface area contributed by atoms with Crippen LogP contribution < -0.4 is 15.4 Å². The molecule has 2 aromatic rings. The highest BCUT2D eigenvalue weighted by Crippen LogP contribution is 2.19. The first-order chi connectivity index (χ1) is 13.5. The largest absolute Gasteiger partial charge is 0.484 e. The number of amides is 3. The van der Waals surface area contributed by atoms with Crippen molar-refractivity contribution in [2.75, 3.05) is 13.7 Å². The summed E-state index contributed by atoms with van der Waals surface area (Å²) in [6.07, 6.45) is 3.82. The molecule has 0 saturated heterocycles. The normalized spacial score (nSPS) is 14.1. The second-order valence-electron chi connectivity index (χ2n) is 7.05. The molecule has 1 atom stereocenters. The fourth-order valence-corrected chi connectivity index (χ4v) is 2.68. The molecule has 0 bridgehead atoms. The van der Waals surface area contributed by atoms with Gasteiger partial charge in [0.05, 0.1) is 18.3 Å². The Morgan fingerprint density at radius 3 is 2.61 bits per heavy atom. The van der Waals surface area contributed by atoms with E-state index >= 15 is 0 Å². The lowest BCUT2D eigenvalue weighted by molar-refractivity contribution is -0.123. The Morgan fingerprint density at radius 1 is 1.21 bits per heavy atom. The van der Waals surface area contributed by atoms with Crippen LogP contribution in [-0.2, 0) is 11.3 Å². The highest BCUT2D eigenvalue weighted by Gasteiger charge is 2.23. The molecule has 1 aliphatic carbocycles. The van der Waals surface area contributed by atoms with Crippen molar-refractivity contribution in [3.8, 4) is 5.75 Å². The minimum atomic E-state index is -0.171. The summed E-state index contributed by atoms with van der Waals surface area (Å²) in [4.78, 5) is 29.9. The number of rotatable bonds is 8. The maximum Gasteiger partial charge on any atom is 0.317 e. The molecule has 2 N–H and O–H groups in total. The third-order valence-electron chi connectivity index (χ3n) is 4.50. The fraction of sp³-hybridized carbons (Fsp3) is 0.381. The number of carbonyl (C=O) groups excluding carboxylic acids is 2. The molecule has 3 amide bonds. The van der Waals surface area contributed by atoms with Gasteiger partial charge in [-0.15, -0.1) is 0 Å². The lowest BCUT2D eigenvalue weighted by Crippen LogP contribution is -2.38. The van der Waals surface area contributed by atoms with Crippen LogP contribution in [0.5, 0.6) is 5.75 Å². The minimum absolute atomic E-state index is 0.0143. The number of urea groups is 1. The molecule has 7 heteroatoms. The number of benzene rings is 1. The summed E-state index contributed by atoms with van der Waals surface area (Å²) in [6, 6.07) is 13.0. The van der Waals surface area contributed by atoms with Crippen LogP contribution in [0.2, 0.25) is 0 Å². The highest BCUT2D eigenvalue weighted by molar-refractivity contribution is 5.78. The van der Waals surface area contributed by atoms with Gasteiger partial charge < -0.3 is 20.3 Å². The van der Waals surface area contributed by atoms with E-state index < -0.39 is 0 Å². The molecular formula is C21H26N4O3. The van der Waals surface area contributed by atoms with Crippen molar-refractivity contribution in [2.45, 2.75) is 38.4 Å². The Morgan fingerprint density at radius 2 is 1.96 bits per heavy atom. The van der Waals surface area contributed by atoms with Gasteiger partial charge >= 0.3 is 6.03 Å². The molecule has 3 rings (SSSR count). The Kier molecular flexibility index (Phi) is 6.47. The summed E-state index contributed by atoms with van der Waals surface area (Å²) >= 11 is 0. The molecule has 1 aromatic heterocycles. The molecule has 1 unspecified atom stereocenters. The molecule has 7 nitrogen and oxygen atoms in total. The van der Waals surface area contributed by atoms with Crippen LogP contribution in [0.15, 0.2) is 48.7 Å². The van der Waals surface area contributed by atoms with Gasteiger partial charge in [-0.05, 0) is 49.6 Å². The second-order valence-corrected chi connectivity index (χ2v) is 7.05. The lowest BCUT2D eigenvalue weighted by Gasteiger charge is -2.21. The summed E-state index contributed by atoms with van der Waals surface area (Å²) in [5.41, 5.74) is 1.79. The number of ether oxygens (including phenoxy) is 1. The number of aromatic nitrogens is 1. The maximum atomic E-state index is 12.4. The number of carbonyl (C=O) groups is 2. The van der Waals surface area contributed by atoms with Crippen LogP contribution in [0.1, 0.15) is 37.1 Å². The van der Waals surface area contributed by atoms with Crippen LogP contribution >= 0.6 is 0 Å². The lowest BCUT2D eigenvalue weighted by atomic mass is 10.1. The molecule has 1 saturated carbocycles. The fourth-order valence-electron chi connectivity index (χ4n) is 2.68. The minimum Gasteiger partial charge on any atom is -0.484 e. The molecular weight excluding hydrogens is 356 g/mol. The summed E-state index contributed by atoms with van der Waals surface area (Å²) in [5, 5.41) is 5.85. The Bertz CT molecular complexity index is 791. The summed E-state index contributed by atoms with van der Waals surface area (Å²) in [7, 11) is 1.74. The van der Waals surface area contributed by atoms with Crippen LogP contribution in [0.25, 0.3) is 0 Å². The van der Waals surface area contributed by atoms with Gasteiger partial charge in [-0.2, -0.15) is 0 Å². The van der Waals surface area contributed by atoms with E-state index in [-0.39, 0.29) is 24.6 Å². The highest BCUT2D eigenvalue weighted by atomic mass is 16.5. The van der Waals surface area contributed by atoms with E-state index in [0.717, 1.165) is 24.1 Å². The van der Waals surface area contributed by atoms with Crippen LogP contribution in [0.3, 0.4) is 0 Å². The van der Waals surface area contributed by atoms with Crippen molar-refractivity contribution in [1.29, 1.82) is 0 Å². The molecule has 28 heavy (non-hydrogen) atoms. The molecule has 1 aromatic carbocycles. The molecule has 148 valence electrons. The zero-order valence-corrected chi connectivity index (χ0v) is 16.2. The van der Waals surface area contributed by atoms with Gasteiger partial charge in [0.25, 0.3) is 5.91 Å².